The van der Waals surface area contributed by atoms with Crippen LogP contribution in [0.5, 0.6) is 0 Å². The highest BCUT2D eigenvalue weighted by Crippen LogP contribution is 2.22. The van der Waals surface area contributed by atoms with Crippen molar-refractivity contribution >= 4 is 11.8 Å². The molecule has 3 heteroatoms. The van der Waals surface area contributed by atoms with E-state index in [1.165, 1.54) is 0 Å². The first-order chi connectivity index (χ1) is 4.75. The van der Waals surface area contributed by atoms with Gasteiger partial charge in [-0.2, -0.15) is 17.0 Å². The van der Waals surface area contributed by atoms with E-state index < -0.39 is 0 Å². The molecule has 1 saturated heterocycles. The van der Waals surface area contributed by atoms with Crippen LogP contribution < -0.4 is 0 Å². The lowest BCUT2D eigenvalue weighted by molar-refractivity contribution is 0.312. The first kappa shape index (κ1) is 7.74. The zero-order valence-corrected chi connectivity index (χ0v) is 7.19. The quantitative estimate of drug-likeness (QED) is 0.494. The molecule has 2 unspecified atom stereocenters. The summed E-state index contributed by atoms with van der Waals surface area (Å²) in [6, 6.07) is 0.420. The molecule has 1 rings (SSSR count). The van der Waals surface area contributed by atoms with E-state index in [2.05, 4.69) is 20.0 Å². The van der Waals surface area contributed by atoms with Crippen LogP contribution >= 0.6 is 11.8 Å². The second-order valence-corrected chi connectivity index (χ2v) is 4.10. The average molecular weight is 156 g/mol. The third-order valence-electron chi connectivity index (χ3n) is 2.01. The molecule has 0 aromatic carbocycles. The molecular weight excluding hydrogens is 144 g/mol. The number of rotatable bonds is 0. The maximum Gasteiger partial charge on any atom is 0.179 e. The lowest BCUT2D eigenvalue weighted by atomic mass is 10.2. The van der Waals surface area contributed by atoms with E-state index in [1.54, 1.807) is 0 Å². The maximum atomic E-state index is 8.65. The normalized spacial score (nSPS) is 33.5. The van der Waals surface area contributed by atoms with Crippen LogP contribution in [-0.4, -0.2) is 28.5 Å². The van der Waals surface area contributed by atoms with Crippen LogP contribution in [0.2, 0.25) is 0 Å². The minimum Gasteiger partial charge on any atom is -0.306 e. The van der Waals surface area contributed by atoms with E-state index in [9.17, 15) is 0 Å². The Hall–Kier alpha value is -0.360. The summed E-state index contributed by atoms with van der Waals surface area (Å²) in [7, 11) is 0. The van der Waals surface area contributed by atoms with Crippen molar-refractivity contribution < 1.29 is 0 Å². The van der Waals surface area contributed by atoms with Crippen molar-refractivity contribution in [3.8, 4) is 6.19 Å². The smallest absolute Gasteiger partial charge is 0.179 e. The molecule has 0 aliphatic carbocycles. The second kappa shape index (κ2) is 3.16. The second-order valence-electron chi connectivity index (χ2n) is 2.61. The van der Waals surface area contributed by atoms with E-state index in [4.69, 9.17) is 5.26 Å². The molecule has 0 radical (unpaired) electrons. The Labute approximate surface area is 66.2 Å². The number of nitriles is 1. The van der Waals surface area contributed by atoms with E-state index in [0.717, 1.165) is 12.3 Å². The third-order valence-corrected chi connectivity index (χ3v) is 3.35. The zero-order valence-electron chi connectivity index (χ0n) is 6.37. The summed E-state index contributed by atoms with van der Waals surface area (Å²) in [5, 5.41) is 9.25. The predicted octanol–water partition coefficient (Wildman–Crippen LogP) is 1.29. The molecule has 0 aromatic heterocycles. The molecule has 0 spiro atoms. The van der Waals surface area contributed by atoms with Crippen LogP contribution in [0.3, 0.4) is 0 Å². The van der Waals surface area contributed by atoms with Gasteiger partial charge in [-0.05, 0) is 6.92 Å². The highest BCUT2D eigenvalue weighted by Gasteiger charge is 2.23. The lowest BCUT2D eigenvalue weighted by Gasteiger charge is -2.33. The summed E-state index contributed by atoms with van der Waals surface area (Å²) < 4.78 is 0. The Morgan fingerprint density at radius 2 is 2.30 bits per heavy atom. The summed E-state index contributed by atoms with van der Waals surface area (Å²) in [5.41, 5.74) is 0. The molecule has 1 fully saturated rings. The largest absolute Gasteiger partial charge is 0.306 e. The highest BCUT2D eigenvalue weighted by atomic mass is 32.2. The third kappa shape index (κ3) is 1.38. The summed E-state index contributed by atoms with van der Waals surface area (Å²) >= 11 is 1.95. The maximum absolute atomic E-state index is 8.65. The molecule has 1 aliphatic rings. The lowest BCUT2D eigenvalue weighted by Crippen LogP contribution is -2.41. The van der Waals surface area contributed by atoms with Crippen molar-refractivity contribution in [2.75, 3.05) is 12.3 Å². The van der Waals surface area contributed by atoms with Gasteiger partial charge in [0.2, 0.25) is 0 Å². The monoisotopic (exact) mass is 156 g/mol. The van der Waals surface area contributed by atoms with Gasteiger partial charge in [-0.1, -0.05) is 6.92 Å². The highest BCUT2D eigenvalue weighted by molar-refractivity contribution is 8.00. The SMILES string of the molecule is CC1SCCN(C#N)C1C. The van der Waals surface area contributed by atoms with Crippen LogP contribution in [-0.2, 0) is 0 Å². The summed E-state index contributed by atoms with van der Waals surface area (Å²) in [4.78, 5) is 1.86. The number of thioether (sulfide) groups is 1. The molecule has 1 aliphatic heterocycles. The van der Waals surface area contributed by atoms with Gasteiger partial charge in [0.15, 0.2) is 6.19 Å². The molecule has 0 amide bonds. The fraction of sp³-hybridized carbons (Fsp3) is 0.857. The van der Waals surface area contributed by atoms with Crippen molar-refractivity contribution in [1.82, 2.24) is 4.90 Å². The van der Waals surface area contributed by atoms with Crippen LogP contribution in [0, 0.1) is 11.5 Å². The van der Waals surface area contributed by atoms with E-state index >= 15 is 0 Å². The first-order valence-corrected chi connectivity index (χ1v) is 4.58. The van der Waals surface area contributed by atoms with Crippen molar-refractivity contribution in [3.63, 3.8) is 0 Å². The van der Waals surface area contributed by atoms with Crippen molar-refractivity contribution in [2.45, 2.75) is 25.1 Å². The van der Waals surface area contributed by atoms with Crippen LogP contribution in [0.15, 0.2) is 0 Å². The fourth-order valence-electron chi connectivity index (χ4n) is 1.07. The van der Waals surface area contributed by atoms with Crippen molar-refractivity contribution in [1.29, 1.82) is 5.26 Å². The van der Waals surface area contributed by atoms with Gasteiger partial charge in [0, 0.05) is 23.6 Å². The number of hydrogen-bond donors (Lipinski definition) is 0. The van der Waals surface area contributed by atoms with Gasteiger partial charge in [-0.25, -0.2) is 0 Å². The zero-order chi connectivity index (χ0) is 7.56. The van der Waals surface area contributed by atoms with Gasteiger partial charge < -0.3 is 4.90 Å². The van der Waals surface area contributed by atoms with Gasteiger partial charge in [0.25, 0.3) is 0 Å². The Balaban J connectivity index is 2.53. The molecule has 0 aromatic rings. The Bertz CT molecular complexity index is 152. The van der Waals surface area contributed by atoms with Crippen molar-refractivity contribution in [2.24, 2.45) is 0 Å². The van der Waals surface area contributed by atoms with Crippen LogP contribution in [0.4, 0.5) is 0 Å². The summed E-state index contributed by atoms with van der Waals surface area (Å²) in [6.45, 7) is 5.21. The molecule has 0 bridgehead atoms. The Kier molecular flexibility index (Phi) is 2.44. The topological polar surface area (TPSA) is 27.0 Å². The van der Waals surface area contributed by atoms with E-state index in [0.29, 0.717) is 11.3 Å². The fourth-order valence-corrected chi connectivity index (χ4v) is 2.17. The van der Waals surface area contributed by atoms with Gasteiger partial charge in [0.1, 0.15) is 0 Å². The molecule has 0 saturated carbocycles. The van der Waals surface area contributed by atoms with Gasteiger partial charge in [-0.3, -0.25) is 0 Å². The number of hydrogen-bond acceptors (Lipinski definition) is 3. The van der Waals surface area contributed by atoms with Crippen LogP contribution in [0.25, 0.3) is 0 Å². The molecule has 56 valence electrons. The van der Waals surface area contributed by atoms with Gasteiger partial charge >= 0.3 is 0 Å². The van der Waals surface area contributed by atoms with Crippen molar-refractivity contribution in [3.05, 3.63) is 0 Å². The first-order valence-electron chi connectivity index (χ1n) is 3.53. The molecule has 2 nitrogen and oxygen atoms in total. The average Bonchev–Trinajstić information content (AvgIpc) is 1.95. The van der Waals surface area contributed by atoms with E-state index in [-0.39, 0.29) is 0 Å². The molecule has 0 N–H and O–H groups in total. The molecule has 10 heavy (non-hydrogen) atoms. The van der Waals surface area contributed by atoms with Gasteiger partial charge in [-0.15, -0.1) is 0 Å². The molecular formula is C7H12N2S. The standard InChI is InChI=1S/C7H12N2S/c1-6-7(2)10-4-3-9(6)5-8/h6-7H,3-4H2,1-2H3. The number of nitrogens with zero attached hydrogens (tertiary/aromatic N) is 2. The minimum absolute atomic E-state index is 0.420. The van der Waals surface area contributed by atoms with E-state index in [1.807, 2.05) is 16.7 Å². The Morgan fingerprint density at radius 1 is 1.60 bits per heavy atom. The molecule has 1 heterocycles. The predicted molar refractivity (Wildman–Crippen MR) is 43.7 cm³/mol. The summed E-state index contributed by atoms with van der Waals surface area (Å²) in [5.74, 6) is 1.10. The minimum atomic E-state index is 0.420. The Morgan fingerprint density at radius 3 is 2.80 bits per heavy atom. The molecule has 2 atom stereocenters. The van der Waals surface area contributed by atoms with Crippen LogP contribution in [0.1, 0.15) is 13.8 Å². The summed E-state index contributed by atoms with van der Waals surface area (Å²) in [6.07, 6.45) is 2.20. The van der Waals surface area contributed by atoms with Gasteiger partial charge in [0.05, 0.1) is 0 Å².